The highest BCUT2D eigenvalue weighted by Gasteiger charge is 2.43. The third-order valence-corrected chi connectivity index (χ3v) is 5.62. The minimum absolute atomic E-state index is 0.0862. The number of halogens is 1. The molecule has 0 radical (unpaired) electrons. The average molecular weight is 421 g/mol. The number of hydrogen-bond acceptors (Lipinski definition) is 5. The SMILES string of the molecule is Cc1cc(Cl)cc2c1C(=O)O[C@@H](C)[C@H](C)/C=C\C(O)[C@H]1OC(C)(C)O[C@H]1C/C=C/2. The van der Waals surface area contributed by atoms with Crippen molar-refractivity contribution in [2.75, 3.05) is 0 Å². The van der Waals surface area contributed by atoms with Crippen LogP contribution in [0.15, 0.2) is 30.4 Å². The van der Waals surface area contributed by atoms with Gasteiger partial charge in [-0.3, -0.25) is 0 Å². The van der Waals surface area contributed by atoms with Crippen LogP contribution >= 0.6 is 11.6 Å². The van der Waals surface area contributed by atoms with E-state index >= 15 is 0 Å². The Balaban J connectivity index is 2.02. The molecule has 1 aromatic rings. The van der Waals surface area contributed by atoms with E-state index in [0.29, 0.717) is 22.6 Å². The number of cyclic esters (lactones) is 1. The molecule has 0 saturated carbocycles. The van der Waals surface area contributed by atoms with Gasteiger partial charge in [0.15, 0.2) is 5.79 Å². The molecule has 0 aliphatic carbocycles. The van der Waals surface area contributed by atoms with Crippen molar-refractivity contribution < 1.29 is 24.1 Å². The zero-order valence-corrected chi connectivity index (χ0v) is 18.3. The highest BCUT2D eigenvalue weighted by Crippen LogP contribution is 2.33. The molecule has 6 heteroatoms. The van der Waals surface area contributed by atoms with Gasteiger partial charge in [0.25, 0.3) is 0 Å². The lowest BCUT2D eigenvalue weighted by molar-refractivity contribution is -0.152. The third kappa shape index (κ3) is 5.10. The second kappa shape index (κ2) is 8.60. The molecule has 1 aromatic carbocycles. The van der Waals surface area contributed by atoms with Gasteiger partial charge in [-0.25, -0.2) is 4.79 Å². The molecule has 1 unspecified atom stereocenters. The fraction of sp³-hybridized carbons (Fsp3) is 0.522. The number of aliphatic hydroxyl groups is 1. The summed E-state index contributed by atoms with van der Waals surface area (Å²) < 4.78 is 17.7. The lowest BCUT2D eigenvalue weighted by atomic mass is 9.98. The molecule has 5 nitrogen and oxygen atoms in total. The van der Waals surface area contributed by atoms with Gasteiger partial charge in [-0.2, -0.15) is 0 Å². The molecule has 2 heterocycles. The predicted molar refractivity (Wildman–Crippen MR) is 113 cm³/mol. The molecule has 1 fully saturated rings. The van der Waals surface area contributed by atoms with Gasteiger partial charge in [-0.15, -0.1) is 0 Å². The van der Waals surface area contributed by atoms with Crippen molar-refractivity contribution in [3.8, 4) is 0 Å². The van der Waals surface area contributed by atoms with E-state index in [4.69, 9.17) is 25.8 Å². The van der Waals surface area contributed by atoms with Crippen molar-refractivity contribution in [2.24, 2.45) is 5.92 Å². The Hall–Kier alpha value is -1.66. The van der Waals surface area contributed by atoms with Gasteiger partial charge in [-0.1, -0.05) is 42.8 Å². The maximum Gasteiger partial charge on any atom is 0.339 e. The van der Waals surface area contributed by atoms with Crippen LogP contribution in [0.3, 0.4) is 0 Å². The quantitative estimate of drug-likeness (QED) is 0.487. The topological polar surface area (TPSA) is 65.0 Å². The van der Waals surface area contributed by atoms with Crippen molar-refractivity contribution in [2.45, 2.75) is 71.2 Å². The van der Waals surface area contributed by atoms with E-state index in [1.165, 1.54) is 0 Å². The van der Waals surface area contributed by atoms with Crippen LogP contribution in [0.5, 0.6) is 0 Å². The Morgan fingerprint density at radius 3 is 2.62 bits per heavy atom. The second-order valence-electron chi connectivity index (χ2n) is 8.31. The Morgan fingerprint density at radius 1 is 1.17 bits per heavy atom. The van der Waals surface area contributed by atoms with E-state index in [0.717, 1.165) is 5.56 Å². The Kier molecular flexibility index (Phi) is 6.54. The van der Waals surface area contributed by atoms with Crippen LogP contribution in [0.25, 0.3) is 6.08 Å². The molecule has 29 heavy (non-hydrogen) atoms. The fourth-order valence-corrected chi connectivity index (χ4v) is 4.01. The summed E-state index contributed by atoms with van der Waals surface area (Å²) in [6.07, 6.45) is 5.84. The smallest absolute Gasteiger partial charge is 0.339 e. The summed E-state index contributed by atoms with van der Waals surface area (Å²) in [4.78, 5) is 12.9. The molecule has 3 rings (SSSR count). The highest BCUT2D eigenvalue weighted by molar-refractivity contribution is 6.31. The van der Waals surface area contributed by atoms with Gasteiger partial charge >= 0.3 is 5.97 Å². The number of carbonyl (C=O) groups is 1. The summed E-state index contributed by atoms with van der Waals surface area (Å²) in [7, 11) is 0. The second-order valence-corrected chi connectivity index (χ2v) is 8.75. The normalized spacial score (nSPS) is 34.4. The molecule has 0 spiro atoms. The van der Waals surface area contributed by atoms with Crippen molar-refractivity contribution in [3.63, 3.8) is 0 Å². The largest absolute Gasteiger partial charge is 0.458 e. The monoisotopic (exact) mass is 420 g/mol. The molecule has 1 N–H and O–H groups in total. The van der Waals surface area contributed by atoms with Gasteiger partial charge < -0.3 is 19.3 Å². The standard InChI is InChI=1S/C23H29ClO5/c1-13-9-10-18(25)21-19(28-23(4,5)29-21)8-6-7-16-12-17(24)11-14(2)20(16)22(26)27-15(13)3/h6-7,9-13,15,18-19,21,25H,8H2,1-5H3/b7-6+,10-9-/t13-,15+,18?,19+,21-/m1/s1. The zero-order valence-electron chi connectivity index (χ0n) is 17.5. The van der Waals surface area contributed by atoms with Crippen LogP contribution < -0.4 is 0 Å². The van der Waals surface area contributed by atoms with Crippen LogP contribution in [-0.2, 0) is 14.2 Å². The number of ether oxygens (including phenoxy) is 3. The van der Waals surface area contributed by atoms with Crippen LogP contribution in [-0.4, -0.2) is 41.3 Å². The van der Waals surface area contributed by atoms with Gasteiger partial charge in [-0.05, 0) is 57.4 Å². The number of carbonyl (C=O) groups excluding carboxylic acids is 1. The van der Waals surface area contributed by atoms with E-state index in [1.54, 1.807) is 18.2 Å². The molecule has 2 aliphatic heterocycles. The van der Waals surface area contributed by atoms with Crippen LogP contribution in [0, 0.1) is 12.8 Å². The first-order valence-electron chi connectivity index (χ1n) is 9.97. The van der Waals surface area contributed by atoms with Crippen molar-refractivity contribution in [1.29, 1.82) is 0 Å². The zero-order chi connectivity index (χ0) is 21.3. The first-order chi connectivity index (χ1) is 13.6. The van der Waals surface area contributed by atoms with Gasteiger partial charge in [0.2, 0.25) is 0 Å². The minimum atomic E-state index is -0.826. The summed E-state index contributed by atoms with van der Waals surface area (Å²) in [5.41, 5.74) is 1.97. The minimum Gasteiger partial charge on any atom is -0.458 e. The number of benzene rings is 1. The van der Waals surface area contributed by atoms with E-state index in [-0.39, 0.29) is 24.1 Å². The maximum atomic E-state index is 12.9. The van der Waals surface area contributed by atoms with Crippen molar-refractivity contribution in [3.05, 3.63) is 52.1 Å². The third-order valence-electron chi connectivity index (χ3n) is 5.40. The molecule has 158 valence electrons. The molecule has 5 atom stereocenters. The lowest BCUT2D eigenvalue weighted by Crippen LogP contribution is -2.34. The van der Waals surface area contributed by atoms with E-state index in [1.807, 2.05) is 52.8 Å². The van der Waals surface area contributed by atoms with Crippen molar-refractivity contribution in [1.82, 2.24) is 0 Å². The molecule has 0 aromatic heterocycles. The Morgan fingerprint density at radius 2 is 1.90 bits per heavy atom. The summed E-state index contributed by atoms with van der Waals surface area (Å²) >= 11 is 6.23. The van der Waals surface area contributed by atoms with Crippen LogP contribution in [0.1, 0.15) is 55.6 Å². The predicted octanol–water partition coefficient (Wildman–Crippen LogP) is 4.68. The van der Waals surface area contributed by atoms with Crippen LogP contribution in [0.2, 0.25) is 5.02 Å². The summed E-state index contributed by atoms with van der Waals surface area (Å²) in [6.45, 7) is 9.30. The molecule has 2 aliphatic rings. The van der Waals surface area contributed by atoms with Crippen LogP contribution in [0.4, 0.5) is 0 Å². The molecule has 1 saturated heterocycles. The van der Waals surface area contributed by atoms with Gasteiger partial charge in [0, 0.05) is 10.9 Å². The number of aliphatic hydroxyl groups excluding tert-OH is 1. The fourth-order valence-electron chi connectivity index (χ4n) is 3.73. The average Bonchev–Trinajstić information content (AvgIpc) is 2.92. The van der Waals surface area contributed by atoms with Gasteiger partial charge in [0.05, 0.1) is 11.7 Å². The lowest BCUT2D eigenvalue weighted by Gasteiger charge is -2.22. The summed E-state index contributed by atoms with van der Waals surface area (Å²) in [5, 5.41) is 11.2. The number of fused-ring (bicyclic) bond motifs is 2. The first-order valence-corrected chi connectivity index (χ1v) is 10.3. The summed E-state index contributed by atoms with van der Waals surface area (Å²) in [6, 6.07) is 3.51. The van der Waals surface area contributed by atoms with E-state index < -0.39 is 18.0 Å². The Labute approximate surface area is 177 Å². The maximum absolute atomic E-state index is 12.9. The first kappa shape index (κ1) is 22.0. The Bertz CT molecular complexity index is 829. The number of aryl methyl sites for hydroxylation is 1. The van der Waals surface area contributed by atoms with Crippen molar-refractivity contribution >= 4 is 23.6 Å². The van der Waals surface area contributed by atoms with E-state index in [9.17, 15) is 9.90 Å². The molecular formula is C23H29ClO5. The van der Waals surface area contributed by atoms with Gasteiger partial charge in [0.1, 0.15) is 18.3 Å². The highest BCUT2D eigenvalue weighted by atomic mass is 35.5. The summed E-state index contributed by atoms with van der Waals surface area (Å²) in [5.74, 6) is -1.25. The number of esters is 1. The number of hydrogen-bond donors (Lipinski definition) is 1. The molecule has 0 amide bonds. The molecular weight excluding hydrogens is 392 g/mol. The number of rotatable bonds is 0. The molecule has 0 bridgehead atoms. The van der Waals surface area contributed by atoms with E-state index in [2.05, 4.69) is 0 Å².